The zero-order valence-corrected chi connectivity index (χ0v) is 54.1. The molecule has 1 unspecified atom stereocenters. The third-order valence-electron chi connectivity index (χ3n) is 20.3. The van der Waals surface area contributed by atoms with E-state index in [9.17, 15) is 39.6 Å². The Balaban J connectivity index is 0.624. The van der Waals surface area contributed by atoms with Crippen molar-refractivity contribution in [3.63, 3.8) is 0 Å². The first-order valence-electron chi connectivity index (χ1n) is 34.1. The van der Waals surface area contributed by atoms with Crippen LogP contribution in [-0.4, -0.2) is 180 Å². The molecule has 4 aromatic carbocycles. The molecule has 12 N–H and O–H groups in total. The van der Waals surface area contributed by atoms with E-state index in [0.29, 0.717) is 130 Å². The summed E-state index contributed by atoms with van der Waals surface area (Å²) < 4.78 is 1.77. The lowest BCUT2D eigenvalue weighted by Crippen LogP contribution is -2.51. The van der Waals surface area contributed by atoms with Crippen LogP contribution in [-0.2, 0) is 9.59 Å². The quantitative estimate of drug-likeness (QED) is 0.0378. The number of hydrogen-bond acceptors (Lipinski definition) is 18. The van der Waals surface area contributed by atoms with Crippen LogP contribution in [0.15, 0.2) is 133 Å². The van der Waals surface area contributed by atoms with Crippen molar-refractivity contribution in [2.45, 2.75) is 163 Å². The fraction of sp³-hybridized carbons (Fsp3) is 0.465. The molecule has 2 saturated heterocycles. The Kier molecular flexibility index (Phi) is 20.0. The van der Waals surface area contributed by atoms with Gasteiger partial charge in [-0.15, -0.1) is 0 Å². The second-order valence-corrected chi connectivity index (χ2v) is 26.5. The summed E-state index contributed by atoms with van der Waals surface area (Å²) in [5.41, 5.74) is 6.65. The molecule has 6 amide bonds. The van der Waals surface area contributed by atoms with Gasteiger partial charge in [-0.1, -0.05) is 135 Å². The highest BCUT2D eigenvalue weighted by Crippen LogP contribution is 2.46. The normalized spacial score (nSPS) is 26.1. The highest BCUT2D eigenvalue weighted by Gasteiger charge is 2.48. The summed E-state index contributed by atoms with van der Waals surface area (Å²) in [5, 5.41) is 71.0. The number of fused-ring (bicyclic) bond motifs is 2. The Morgan fingerprint density at radius 3 is 1.46 bits per heavy atom. The number of imidazole rings is 1. The molecule has 11 atom stereocenters. The number of aliphatic hydroxyl groups is 4. The SMILES string of the molecule is CCC(=O)N[C@H]1C[C@@H](n2cnc3c(NCC(c4ccccc4)c4ccccc4)nc(N4CC[C@@H](NC(=O)NC5CCC(NC(=O)N[C@@H]6CCN(c7nc(NCC(c8ccccc8)c8ccccc8)c8c(n7)C([C@@H]7C[C@H](NC(=O)CC)[C@@H](O)[C@H]7O)C=N8)C6)CC5)C4)nc32)[C@H](O)[C@@H]1O. The summed E-state index contributed by atoms with van der Waals surface area (Å²) in [5.74, 6) is 0.499. The maximum Gasteiger partial charge on any atom is 0.315 e. The monoisotopic (exact) mass is 1310 g/mol. The highest BCUT2D eigenvalue weighted by molar-refractivity contribution is 5.87. The van der Waals surface area contributed by atoms with E-state index in [0.717, 1.165) is 22.3 Å². The Morgan fingerprint density at radius 1 is 0.510 bits per heavy atom. The largest absolute Gasteiger partial charge is 0.390 e. The van der Waals surface area contributed by atoms with Gasteiger partial charge in [0.1, 0.15) is 24.0 Å². The standard InChI is InChI=1S/C71H87N17O8/c1-3-56(89)80-53-33-49(61(91)62(53)92)52-37-72-59-58(52)82-68(83-65(59)73-35-50(41-17-9-5-10-18-41)42-19-11-6-12-20-42)86-31-29-47(38-86)78-70(95)76-45-25-27-46(28-26-45)77-71(96)79-48-30-32-87(39-48)69-84-66(74-36-51(43-21-13-7-14-22-43)44-23-15-8-16-24-44)60-67(85-69)88(40-75-60)55-34-54(63(93)64(55)94)81-57(90)4-2/h5-24,37,40,45-55,61-64,91-94H,3-4,25-36,38-39H2,1-2H3,(H,80,89)(H,81,90)(H,73,82,83)(H,74,84,85)(H2,76,78,95)(H2,77,79,96)/t45?,46?,47-,48-,49+,52?,53+,54+,55-,61+,62-,63-,64+/m1/s1. The maximum absolute atomic E-state index is 13.7. The summed E-state index contributed by atoms with van der Waals surface area (Å²) in [6.45, 7) is 6.46. The molecular formula is C71H87N17O8. The van der Waals surface area contributed by atoms with E-state index >= 15 is 0 Å². The minimum absolute atomic E-state index is 0.0246. The van der Waals surface area contributed by atoms with Crippen molar-refractivity contribution in [1.29, 1.82) is 0 Å². The smallest absolute Gasteiger partial charge is 0.315 e. The molecule has 0 bridgehead atoms. The molecule has 25 nitrogen and oxygen atoms in total. The first-order chi connectivity index (χ1) is 46.7. The molecule has 6 heterocycles. The second kappa shape index (κ2) is 29.4. The molecule has 0 spiro atoms. The Morgan fingerprint density at radius 2 is 0.958 bits per heavy atom. The number of aliphatic imine (C=N–C) groups is 1. The molecule has 3 aliphatic carbocycles. The van der Waals surface area contributed by atoms with Crippen molar-refractivity contribution in [3.05, 3.63) is 156 Å². The van der Waals surface area contributed by atoms with Crippen LogP contribution in [0, 0.1) is 5.92 Å². The highest BCUT2D eigenvalue weighted by atomic mass is 16.3. The molecule has 3 aromatic heterocycles. The van der Waals surface area contributed by atoms with Gasteiger partial charge in [-0.25, -0.2) is 19.6 Å². The number of nitrogens with one attached hydrogen (secondary N) is 8. The Bertz CT molecular complexity index is 3790. The third-order valence-corrected chi connectivity index (χ3v) is 20.3. The predicted octanol–water partition coefficient (Wildman–Crippen LogP) is 5.87. The number of aromatic nitrogens is 6. The van der Waals surface area contributed by atoms with Crippen LogP contribution in [0.2, 0.25) is 0 Å². The first kappa shape index (κ1) is 65.4. The summed E-state index contributed by atoms with van der Waals surface area (Å²) in [7, 11) is 0. The molecule has 25 heteroatoms. The van der Waals surface area contributed by atoms with Gasteiger partial charge in [0.25, 0.3) is 0 Å². The summed E-state index contributed by atoms with van der Waals surface area (Å²) in [4.78, 5) is 86.5. The molecule has 3 aliphatic heterocycles. The number of rotatable bonds is 22. The molecule has 6 aliphatic rings. The lowest BCUT2D eigenvalue weighted by atomic mass is 9.87. The van der Waals surface area contributed by atoms with Crippen molar-refractivity contribution in [2.75, 3.05) is 59.7 Å². The van der Waals surface area contributed by atoms with Crippen molar-refractivity contribution < 1.29 is 39.6 Å². The molecule has 504 valence electrons. The average Bonchev–Trinajstić information content (AvgIpc) is 1.60. The van der Waals surface area contributed by atoms with Gasteiger partial charge in [0.15, 0.2) is 22.8 Å². The Hall–Kier alpha value is -9.30. The van der Waals surface area contributed by atoms with Gasteiger partial charge in [0.2, 0.25) is 23.7 Å². The van der Waals surface area contributed by atoms with Crippen LogP contribution < -0.4 is 52.3 Å². The van der Waals surface area contributed by atoms with Gasteiger partial charge in [-0.05, 0) is 73.6 Å². The van der Waals surface area contributed by atoms with Crippen LogP contribution >= 0.6 is 0 Å². The minimum Gasteiger partial charge on any atom is -0.390 e. The maximum atomic E-state index is 13.7. The van der Waals surface area contributed by atoms with E-state index in [1.807, 2.05) is 77.7 Å². The molecule has 7 aromatic rings. The van der Waals surface area contributed by atoms with Crippen LogP contribution in [0.5, 0.6) is 0 Å². The molecule has 0 radical (unpaired) electrons. The molecule has 13 rings (SSSR count). The third kappa shape index (κ3) is 14.4. The number of hydrogen-bond donors (Lipinski definition) is 12. The zero-order valence-electron chi connectivity index (χ0n) is 54.1. The van der Waals surface area contributed by atoms with Crippen molar-refractivity contribution in [2.24, 2.45) is 10.9 Å². The van der Waals surface area contributed by atoms with E-state index < -0.39 is 54.4 Å². The van der Waals surface area contributed by atoms with Gasteiger partial charge in [-0.2, -0.15) is 15.0 Å². The number of benzene rings is 4. The lowest BCUT2D eigenvalue weighted by molar-refractivity contribution is -0.123. The van der Waals surface area contributed by atoms with Gasteiger partial charge in [0, 0.05) is 106 Å². The Labute approximate surface area is 557 Å². The van der Waals surface area contributed by atoms with Crippen LogP contribution in [0.4, 0.5) is 38.8 Å². The van der Waals surface area contributed by atoms with Crippen LogP contribution in [0.1, 0.15) is 130 Å². The van der Waals surface area contributed by atoms with E-state index in [2.05, 4.69) is 96.0 Å². The van der Waals surface area contributed by atoms with Crippen molar-refractivity contribution >= 4 is 70.5 Å². The second-order valence-electron chi connectivity index (χ2n) is 26.5. The zero-order chi connectivity index (χ0) is 66.4. The first-order valence-corrected chi connectivity index (χ1v) is 34.1. The van der Waals surface area contributed by atoms with Crippen molar-refractivity contribution in [3.8, 4) is 0 Å². The minimum atomic E-state index is -1.20. The van der Waals surface area contributed by atoms with Gasteiger partial charge >= 0.3 is 12.1 Å². The van der Waals surface area contributed by atoms with Crippen LogP contribution in [0.3, 0.4) is 0 Å². The molecule has 96 heavy (non-hydrogen) atoms. The number of carbonyl (C=O) groups is 4. The van der Waals surface area contributed by atoms with E-state index in [-0.39, 0.29) is 79.1 Å². The van der Waals surface area contributed by atoms with Gasteiger partial charge < -0.3 is 77.3 Å². The predicted molar refractivity (Wildman–Crippen MR) is 366 cm³/mol. The molecular weight excluding hydrogens is 1220 g/mol. The number of carbonyl (C=O) groups excluding carboxylic acids is 4. The van der Waals surface area contributed by atoms with Gasteiger partial charge in [0.05, 0.1) is 36.3 Å². The number of urea groups is 2. The number of aliphatic hydroxyl groups excluding tert-OH is 4. The topological polar surface area (TPSA) is 334 Å². The van der Waals surface area contributed by atoms with Crippen molar-refractivity contribution in [1.82, 2.24) is 61.4 Å². The summed E-state index contributed by atoms with van der Waals surface area (Å²) >= 11 is 0. The lowest BCUT2D eigenvalue weighted by Gasteiger charge is -2.30. The number of nitrogens with zero attached hydrogens (tertiary/aromatic N) is 9. The fourth-order valence-electron chi connectivity index (χ4n) is 15.0. The summed E-state index contributed by atoms with van der Waals surface area (Å²) in [6, 6.07) is 38.0. The van der Waals surface area contributed by atoms with E-state index in [1.165, 1.54) is 0 Å². The number of anilines is 4. The van der Waals surface area contributed by atoms with Crippen LogP contribution in [0.25, 0.3) is 11.2 Å². The summed E-state index contributed by atoms with van der Waals surface area (Å²) in [6.07, 6.45) is 3.80. The van der Waals surface area contributed by atoms with Gasteiger partial charge in [-0.3, -0.25) is 14.6 Å². The van der Waals surface area contributed by atoms with E-state index in [1.54, 1.807) is 31.0 Å². The fourth-order valence-corrected chi connectivity index (χ4v) is 15.0. The van der Waals surface area contributed by atoms with E-state index in [4.69, 9.17) is 29.9 Å². The average molecular weight is 1310 g/mol. The number of amides is 6. The molecule has 3 saturated carbocycles. The molecule has 5 fully saturated rings.